The van der Waals surface area contributed by atoms with Crippen molar-refractivity contribution in [2.45, 2.75) is 25.4 Å². The highest BCUT2D eigenvalue weighted by Gasteiger charge is 2.42. The molecule has 0 aliphatic carbocycles. The first-order valence-electron chi connectivity index (χ1n) is 7.15. The van der Waals surface area contributed by atoms with Crippen LogP contribution in [0.3, 0.4) is 0 Å². The SMILES string of the molecule is CCOC1(C(=O)c2cc(OC)ccc2OC)CCOCC1. The number of Topliss-reactive ketones (excluding diaryl/α,β-unsaturated/α-hetero) is 1. The summed E-state index contributed by atoms with van der Waals surface area (Å²) in [6, 6.07) is 5.22. The van der Waals surface area contributed by atoms with E-state index in [-0.39, 0.29) is 5.78 Å². The highest BCUT2D eigenvalue weighted by atomic mass is 16.5. The smallest absolute Gasteiger partial charge is 0.198 e. The third-order valence-electron chi connectivity index (χ3n) is 3.79. The summed E-state index contributed by atoms with van der Waals surface area (Å²) >= 11 is 0. The van der Waals surface area contributed by atoms with Crippen LogP contribution >= 0.6 is 0 Å². The lowest BCUT2D eigenvalue weighted by molar-refractivity contribution is -0.0823. The molecule has 0 radical (unpaired) electrons. The Morgan fingerprint density at radius 2 is 1.95 bits per heavy atom. The fourth-order valence-electron chi connectivity index (χ4n) is 2.65. The van der Waals surface area contributed by atoms with Crippen LogP contribution in [0.15, 0.2) is 18.2 Å². The molecule has 5 heteroatoms. The van der Waals surface area contributed by atoms with Crippen molar-refractivity contribution in [3.05, 3.63) is 23.8 Å². The molecule has 116 valence electrons. The standard InChI is InChI=1S/C16H22O5/c1-4-21-16(7-9-20-10-8-16)15(17)13-11-12(18-2)5-6-14(13)19-3/h5-6,11H,4,7-10H2,1-3H3. The van der Waals surface area contributed by atoms with E-state index in [0.29, 0.717) is 49.7 Å². The third kappa shape index (κ3) is 3.19. The molecule has 1 heterocycles. The van der Waals surface area contributed by atoms with E-state index in [1.54, 1.807) is 32.4 Å². The number of ketones is 1. The first kappa shape index (κ1) is 15.8. The fraction of sp³-hybridized carbons (Fsp3) is 0.562. The van der Waals surface area contributed by atoms with E-state index in [2.05, 4.69) is 0 Å². The Labute approximate surface area is 125 Å². The number of carbonyl (C=O) groups is 1. The van der Waals surface area contributed by atoms with Crippen molar-refractivity contribution in [1.29, 1.82) is 0 Å². The second kappa shape index (κ2) is 6.91. The molecule has 1 aromatic rings. The van der Waals surface area contributed by atoms with Crippen LogP contribution in [-0.4, -0.2) is 45.4 Å². The molecule has 0 spiro atoms. The van der Waals surface area contributed by atoms with Crippen molar-refractivity contribution in [2.24, 2.45) is 0 Å². The number of hydrogen-bond donors (Lipinski definition) is 0. The minimum Gasteiger partial charge on any atom is -0.497 e. The van der Waals surface area contributed by atoms with Crippen LogP contribution < -0.4 is 9.47 Å². The van der Waals surface area contributed by atoms with E-state index in [9.17, 15) is 4.79 Å². The summed E-state index contributed by atoms with van der Waals surface area (Å²) in [5, 5.41) is 0. The van der Waals surface area contributed by atoms with Gasteiger partial charge in [0, 0.05) is 32.7 Å². The molecule has 5 nitrogen and oxygen atoms in total. The summed E-state index contributed by atoms with van der Waals surface area (Å²) in [5.41, 5.74) is -0.334. The van der Waals surface area contributed by atoms with E-state index >= 15 is 0 Å². The number of benzene rings is 1. The van der Waals surface area contributed by atoms with Gasteiger partial charge in [-0.05, 0) is 25.1 Å². The van der Waals surface area contributed by atoms with E-state index in [0.717, 1.165) is 0 Å². The summed E-state index contributed by atoms with van der Waals surface area (Å²) in [7, 11) is 3.12. The normalized spacial score (nSPS) is 17.3. The average molecular weight is 294 g/mol. The Morgan fingerprint density at radius 3 is 2.52 bits per heavy atom. The van der Waals surface area contributed by atoms with Gasteiger partial charge in [-0.2, -0.15) is 0 Å². The molecule has 1 saturated heterocycles. The quantitative estimate of drug-likeness (QED) is 0.754. The molecule has 0 N–H and O–H groups in total. The lowest BCUT2D eigenvalue weighted by Crippen LogP contribution is -2.46. The summed E-state index contributed by atoms with van der Waals surface area (Å²) in [6.45, 7) is 3.43. The Hall–Kier alpha value is -1.59. The van der Waals surface area contributed by atoms with E-state index in [1.165, 1.54) is 0 Å². The molecule has 0 bridgehead atoms. The second-order valence-electron chi connectivity index (χ2n) is 4.94. The largest absolute Gasteiger partial charge is 0.497 e. The molecule has 0 atom stereocenters. The van der Waals surface area contributed by atoms with Crippen molar-refractivity contribution < 1.29 is 23.7 Å². The van der Waals surface area contributed by atoms with Crippen molar-refractivity contribution in [3.8, 4) is 11.5 Å². The molecule has 0 unspecified atom stereocenters. The third-order valence-corrected chi connectivity index (χ3v) is 3.79. The van der Waals surface area contributed by atoms with Crippen LogP contribution in [0.1, 0.15) is 30.1 Å². The van der Waals surface area contributed by atoms with Gasteiger partial charge in [-0.1, -0.05) is 0 Å². The molecule has 0 aromatic heterocycles. The number of carbonyl (C=O) groups excluding carboxylic acids is 1. The monoisotopic (exact) mass is 294 g/mol. The van der Waals surface area contributed by atoms with Crippen molar-refractivity contribution in [3.63, 3.8) is 0 Å². The second-order valence-corrected chi connectivity index (χ2v) is 4.94. The van der Waals surface area contributed by atoms with Crippen LogP contribution in [-0.2, 0) is 9.47 Å². The van der Waals surface area contributed by atoms with Gasteiger partial charge < -0.3 is 18.9 Å². The van der Waals surface area contributed by atoms with Crippen molar-refractivity contribution in [2.75, 3.05) is 34.0 Å². The van der Waals surface area contributed by atoms with Gasteiger partial charge in [0.2, 0.25) is 0 Å². The number of rotatable bonds is 6. The fourth-order valence-corrected chi connectivity index (χ4v) is 2.65. The summed E-state index contributed by atoms with van der Waals surface area (Å²) in [4.78, 5) is 13.0. The van der Waals surface area contributed by atoms with Gasteiger partial charge in [0.05, 0.1) is 19.8 Å². The number of ether oxygens (including phenoxy) is 4. The predicted octanol–water partition coefficient (Wildman–Crippen LogP) is 2.47. The lowest BCUT2D eigenvalue weighted by Gasteiger charge is -2.35. The summed E-state index contributed by atoms with van der Waals surface area (Å²) < 4.78 is 21.7. The predicted molar refractivity (Wildman–Crippen MR) is 78.3 cm³/mol. The van der Waals surface area contributed by atoms with Crippen LogP contribution in [0.25, 0.3) is 0 Å². The van der Waals surface area contributed by atoms with Gasteiger partial charge in [-0.15, -0.1) is 0 Å². The Kier molecular flexibility index (Phi) is 5.20. The van der Waals surface area contributed by atoms with Gasteiger partial charge in [-0.25, -0.2) is 0 Å². The molecule has 1 aromatic carbocycles. The van der Waals surface area contributed by atoms with Crippen LogP contribution in [0.5, 0.6) is 11.5 Å². The number of methoxy groups -OCH3 is 2. The van der Waals surface area contributed by atoms with Crippen molar-refractivity contribution >= 4 is 5.78 Å². The first-order valence-corrected chi connectivity index (χ1v) is 7.15. The summed E-state index contributed by atoms with van der Waals surface area (Å²) in [5.74, 6) is 1.09. The Balaban J connectivity index is 2.40. The number of hydrogen-bond acceptors (Lipinski definition) is 5. The zero-order chi connectivity index (χ0) is 15.3. The lowest BCUT2D eigenvalue weighted by atomic mass is 9.85. The average Bonchev–Trinajstić information content (AvgIpc) is 2.54. The molecule has 21 heavy (non-hydrogen) atoms. The molecule has 2 rings (SSSR count). The van der Waals surface area contributed by atoms with Crippen LogP contribution in [0, 0.1) is 0 Å². The van der Waals surface area contributed by atoms with Gasteiger partial charge >= 0.3 is 0 Å². The Morgan fingerprint density at radius 1 is 1.24 bits per heavy atom. The van der Waals surface area contributed by atoms with Gasteiger partial charge in [-0.3, -0.25) is 4.79 Å². The van der Waals surface area contributed by atoms with Gasteiger partial charge in [0.15, 0.2) is 5.78 Å². The van der Waals surface area contributed by atoms with Crippen molar-refractivity contribution in [1.82, 2.24) is 0 Å². The molecule has 0 saturated carbocycles. The Bertz CT molecular complexity index is 486. The maximum Gasteiger partial charge on any atom is 0.198 e. The minimum atomic E-state index is -0.827. The molecule has 1 fully saturated rings. The minimum absolute atomic E-state index is 0.0663. The summed E-state index contributed by atoms with van der Waals surface area (Å²) in [6.07, 6.45) is 1.11. The van der Waals surface area contributed by atoms with Gasteiger partial charge in [0.1, 0.15) is 17.1 Å². The molecule has 0 amide bonds. The van der Waals surface area contributed by atoms with Crippen LogP contribution in [0.4, 0.5) is 0 Å². The highest BCUT2D eigenvalue weighted by molar-refractivity contribution is 6.05. The molecule has 1 aliphatic heterocycles. The first-order chi connectivity index (χ1) is 10.2. The highest BCUT2D eigenvalue weighted by Crippen LogP contribution is 2.34. The molecular formula is C16H22O5. The molecular weight excluding hydrogens is 272 g/mol. The maximum atomic E-state index is 13.0. The van der Waals surface area contributed by atoms with E-state index in [4.69, 9.17) is 18.9 Å². The molecule has 1 aliphatic rings. The maximum absolute atomic E-state index is 13.0. The zero-order valence-corrected chi connectivity index (χ0v) is 12.8. The van der Waals surface area contributed by atoms with E-state index < -0.39 is 5.60 Å². The topological polar surface area (TPSA) is 54.0 Å². The van der Waals surface area contributed by atoms with Crippen LogP contribution in [0.2, 0.25) is 0 Å². The zero-order valence-electron chi connectivity index (χ0n) is 12.8. The van der Waals surface area contributed by atoms with Gasteiger partial charge in [0.25, 0.3) is 0 Å². The van der Waals surface area contributed by atoms with E-state index in [1.807, 2.05) is 6.92 Å².